The second kappa shape index (κ2) is 9.05. The van der Waals surface area contributed by atoms with E-state index in [4.69, 9.17) is 0 Å². The van der Waals surface area contributed by atoms with Gasteiger partial charge < -0.3 is 10.6 Å². The van der Waals surface area contributed by atoms with Crippen molar-refractivity contribution in [2.45, 2.75) is 26.3 Å². The van der Waals surface area contributed by atoms with Crippen LogP contribution in [0.4, 0.5) is 0 Å². The van der Waals surface area contributed by atoms with Gasteiger partial charge in [0.1, 0.15) is 0 Å². The van der Waals surface area contributed by atoms with E-state index in [1.807, 2.05) is 49.8 Å². The monoisotopic (exact) mass is 400 g/mol. The molecule has 2 aromatic rings. The zero-order valence-electron chi connectivity index (χ0n) is 13.5. The van der Waals surface area contributed by atoms with E-state index < -0.39 is 0 Å². The molecule has 1 unspecified atom stereocenters. The summed E-state index contributed by atoms with van der Waals surface area (Å²) in [5.41, 5.74) is 2.49. The summed E-state index contributed by atoms with van der Waals surface area (Å²) < 4.78 is 2.84. The lowest BCUT2D eigenvalue weighted by Gasteiger charge is -2.12. The van der Waals surface area contributed by atoms with Crippen LogP contribution in [0.25, 0.3) is 5.69 Å². The SMILES string of the molecule is CCc1c(C(=O)NCC(C)NC)cnn1-c1ccc(Br)cc1.Cl. The number of nitrogens with zero attached hydrogens (tertiary/aromatic N) is 2. The number of carbonyl (C=O) groups is 1. The smallest absolute Gasteiger partial charge is 0.254 e. The average Bonchev–Trinajstić information content (AvgIpc) is 2.96. The van der Waals surface area contributed by atoms with Gasteiger partial charge in [-0.15, -0.1) is 12.4 Å². The van der Waals surface area contributed by atoms with Crippen LogP contribution in [0.2, 0.25) is 0 Å². The van der Waals surface area contributed by atoms with Crippen molar-refractivity contribution in [1.29, 1.82) is 0 Å². The maximum absolute atomic E-state index is 12.3. The fourth-order valence-corrected chi connectivity index (χ4v) is 2.42. The molecule has 0 aliphatic heterocycles. The summed E-state index contributed by atoms with van der Waals surface area (Å²) in [5, 5.41) is 10.4. The van der Waals surface area contributed by atoms with Gasteiger partial charge in [-0.25, -0.2) is 4.68 Å². The lowest BCUT2D eigenvalue weighted by Crippen LogP contribution is -2.37. The van der Waals surface area contributed by atoms with E-state index in [0.717, 1.165) is 22.3 Å². The molecule has 7 heteroatoms. The largest absolute Gasteiger partial charge is 0.350 e. The molecule has 0 saturated carbocycles. The lowest BCUT2D eigenvalue weighted by atomic mass is 10.2. The molecule has 0 bridgehead atoms. The Hall–Kier alpha value is -1.37. The van der Waals surface area contributed by atoms with Crippen molar-refractivity contribution in [2.75, 3.05) is 13.6 Å². The lowest BCUT2D eigenvalue weighted by molar-refractivity contribution is 0.0949. The van der Waals surface area contributed by atoms with Crippen LogP contribution in [0.15, 0.2) is 34.9 Å². The van der Waals surface area contributed by atoms with Crippen LogP contribution in [0, 0.1) is 0 Å². The Balaban J connectivity index is 0.00000264. The molecular formula is C16H22BrClN4O. The highest BCUT2D eigenvalue weighted by atomic mass is 79.9. The topological polar surface area (TPSA) is 59.0 Å². The fourth-order valence-electron chi connectivity index (χ4n) is 2.15. The molecule has 0 spiro atoms. The number of hydrogen-bond acceptors (Lipinski definition) is 3. The summed E-state index contributed by atoms with van der Waals surface area (Å²) in [5.74, 6) is -0.0812. The van der Waals surface area contributed by atoms with Crippen molar-refractivity contribution in [1.82, 2.24) is 20.4 Å². The molecule has 1 aromatic heterocycles. The van der Waals surface area contributed by atoms with Crippen LogP contribution in [-0.4, -0.2) is 35.3 Å². The summed E-state index contributed by atoms with van der Waals surface area (Å²) in [6, 6.07) is 8.10. The predicted molar refractivity (Wildman–Crippen MR) is 98.7 cm³/mol. The van der Waals surface area contributed by atoms with Gasteiger partial charge in [0.05, 0.1) is 23.1 Å². The Morgan fingerprint density at radius 2 is 2.00 bits per heavy atom. The van der Waals surface area contributed by atoms with Crippen molar-refractivity contribution < 1.29 is 4.79 Å². The molecule has 126 valence electrons. The third-order valence-corrected chi connectivity index (χ3v) is 4.11. The van der Waals surface area contributed by atoms with Crippen molar-refractivity contribution in [3.8, 4) is 5.69 Å². The highest BCUT2D eigenvalue weighted by Gasteiger charge is 2.17. The van der Waals surface area contributed by atoms with Crippen molar-refractivity contribution in [2.24, 2.45) is 0 Å². The molecule has 0 fully saturated rings. The van der Waals surface area contributed by atoms with Gasteiger partial charge in [-0.2, -0.15) is 5.10 Å². The minimum absolute atomic E-state index is 0. The average molecular weight is 402 g/mol. The highest BCUT2D eigenvalue weighted by molar-refractivity contribution is 9.10. The molecule has 23 heavy (non-hydrogen) atoms. The second-order valence-electron chi connectivity index (χ2n) is 5.15. The van der Waals surface area contributed by atoms with Gasteiger partial charge in [-0.3, -0.25) is 4.79 Å². The first-order chi connectivity index (χ1) is 10.6. The summed E-state index contributed by atoms with van der Waals surface area (Å²) in [7, 11) is 1.87. The van der Waals surface area contributed by atoms with E-state index in [2.05, 4.69) is 31.7 Å². The number of hydrogen-bond donors (Lipinski definition) is 2. The van der Waals surface area contributed by atoms with Crippen LogP contribution in [0.1, 0.15) is 29.9 Å². The van der Waals surface area contributed by atoms with Crippen molar-refractivity contribution >= 4 is 34.2 Å². The van der Waals surface area contributed by atoms with Crippen LogP contribution in [0.5, 0.6) is 0 Å². The molecule has 2 rings (SSSR count). The van der Waals surface area contributed by atoms with E-state index in [1.165, 1.54) is 0 Å². The Kier molecular flexibility index (Phi) is 7.75. The zero-order chi connectivity index (χ0) is 16.1. The van der Waals surface area contributed by atoms with E-state index >= 15 is 0 Å². The van der Waals surface area contributed by atoms with Crippen molar-refractivity contribution in [3.05, 3.63) is 46.2 Å². The molecule has 0 aliphatic carbocycles. The third kappa shape index (κ3) is 4.80. The van der Waals surface area contributed by atoms with Gasteiger partial charge >= 0.3 is 0 Å². The molecule has 1 heterocycles. The van der Waals surface area contributed by atoms with Crippen LogP contribution in [-0.2, 0) is 6.42 Å². The van der Waals surface area contributed by atoms with Gasteiger partial charge in [0, 0.05) is 17.1 Å². The van der Waals surface area contributed by atoms with Gasteiger partial charge in [0.2, 0.25) is 0 Å². The van der Waals surface area contributed by atoms with E-state index in [1.54, 1.807) is 6.20 Å². The highest BCUT2D eigenvalue weighted by Crippen LogP contribution is 2.18. The van der Waals surface area contributed by atoms with E-state index in [0.29, 0.717) is 12.1 Å². The van der Waals surface area contributed by atoms with Gasteiger partial charge in [-0.05, 0) is 44.7 Å². The maximum atomic E-state index is 12.3. The Morgan fingerprint density at radius 3 is 2.57 bits per heavy atom. The number of rotatable bonds is 6. The van der Waals surface area contributed by atoms with Gasteiger partial charge in [0.15, 0.2) is 0 Å². The first-order valence-electron chi connectivity index (χ1n) is 7.35. The molecule has 0 aliphatic rings. The molecule has 5 nitrogen and oxygen atoms in total. The van der Waals surface area contributed by atoms with Crippen molar-refractivity contribution in [3.63, 3.8) is 0 Å². The Bertz CT molecular complexity index is 642. The molecule has 2 N–H and O–H groups in total. The quantitative estimate of drug-likeness (QED) is 0.782. The minimum Gasteiger partial charge on any atom is -0.350 e. The number of halogens is 2. The Morgan fingerprint density at radius 1 is 1.35 bits per heavy atom. The number of benzene rings is 1. The predicted octanol–water partition coefficient (Wildman–Crippen LogP) is 2.96. The second-order valence-corrected chi connectivity index (χ2v) is 6.06. The van der Waals surface area contributed by atoms with Gasteiger partial charge in [-0.1, -0.05) is 22.9 Å². The molecule has 0 radical (unpaired) electrons. The van der Waals surface area contributed by atoms with E-state index in [-0.39, 0.29) is 24.4 Å². The maximum Gasteiger partial charge on any atom is 0.254 e. The first-order valence-corrected chi connectivity index (χ1v) is 8.14. The summed E-state index contributed by atoms with van der Waals surface area (Å²) in [6.07, 6.45) is 2.38. The molecule has 0 saturated heterocycles. The number of aromatic nitrogens is 2. The number of carbonyl (C=O) groups excluding carboxylic acids is 1. The van der Waals surface area contributed by atoms with Crippen LogP contribution >= 0.6 is 28.3 Å². The molecular weight excluding hydrogens is 380 g/mol. The molecule has 1 atom stereocenters. The third-order valence-electron chi connectivity index (χ3n) is 3.58. The zero-order valence-corrected chi connectivity index (χ0v) is 15.9. The summed E-state index contributed by atoms with van der Waals surface area (Å²) >= 11 is 3.42. The van der Waals surface area contributed by atoms with Crippen LogP contribution in [0.3, 0.4) is 0 Å². The van der Waals surface area contributed by atoms with Gasteiger partial charge in [0.25, 0.3) is 5.91 Å². The van der Waals surface area contributed by atoms with Crippen LogP contribution < -0.4 is 10.6 Å². The Labute approximate surface area is 151 Å². The normalized spacial score (nSPS) is 11.7. The number of likely N-dealkylation sites (N-methyl/N-ethyl adjacent to an activating group) is 1. The van der Waals surface area contributed by atoms with E-state index in [9.17, 15) is 4.79 Å². The summed E-state index contributed by atoms with van der Waals surface area (Å²) in [4.78, 5) is 12.3. The minimum atomic E-state index is -0.0812. The molecule has 1 aromatic carbocycles. The number of amides is 1. The summed E-state index contributed by atoms with van der Waals surface area (Å²) in [6.45, 7) is 4.63. The number of nitrogens with one attached hydrogen (secondary N) is 2. The fraction of sp³-hybridized carbons (Fsp3) is 0.375. The molecule has 1 amide bonds. The standard InChI is InChI=1S/C16H21BrN4O.ClH/c1-4-15-14(16(22)19-9-11(2)18-3)10-20-21(15)13-7-5-12(17)6-8-13;/h5-8,10-11,18H,4,9H2,1-3H3,(H,19,22);1H. The first kappa shape index (κ1) is 19.7.